The zero-order chi connectivity index (χ0) is 23.0. The van der Waals surface area contributed by atoms with E-state index in [-0.39, 0.29) is 0 Å². The molecule has 1 aliphatic rings. The highest BCUT2D eigenvalue weighted by Crippen LogP contribution is 2.32. The largest absolute Gasteiger partial charge is 0.493 e. The number of rotatable bonds is 5. The predicted molar refractivity (Wildman–Crippen MR) is 118 cm³/mol. The van der Waals surface area contributed by atoms with Crippen LogP contribution in [0.4, 0.5) is 5.69 Å². The molecule has 1 saturated heterocycles. The highest BCUT2D eigenvalue weighted by atomic mass is 16.5. The molecule has 1 heterocycles. The Balaban J connectivity index is 0.000000501. The summed E-state index contributed by atoms with van der Waals surface area (Å²) in [5.74, 6) is -2.00. The first-order chi connectivity index (χ1) is 14.8. The summed E-state index contributed by atoms with van der Waals surface area (Å²) in [6, 6.07) is 12.7. The van der Waals surface area contributed by atoms with Gasteiger partial charge in [0, 0.05) is 44.0 Å². The summed E-state index contributed by atoms with van der Waals surface area (Å²) < 4.78 is 11.0. The number of carboxylic acids is 2. The average molecular weight is 431 g/mol. The van der Waals surface area contributed by atoms with Crippen LogP contribution in [-0.4, -0.2) is 67.5 Å². The second-order valence-corrected chi connectivity index (χ2v) is 7.25. The van der Waals surface area contributed by atoms with Crippen molar-refractivity contribution in [3.8, 4) is 11.5 Å². The zero-order valence-electron chi connectivity index (χ0n) is 18.4. The van der Waals surface area contributed by atoms with Crippen LogP contribution in [0.5, 0.6) is 11.5 Å². The first kappa shape index (κ1) is 24.0. The fourth-order valence-corrected chi connectivity index (χ4v) is 3.54. The van der Waals surface area contributed by atoms with Gasteiger partial charge in [-0.15, -0.1) is 0 Å². The molecular weight excluding hydrogens is 400 g/mol. The Morgan fingerprint density at radius 2 is 1.52 bits per heavy atom. The smallest absolute Gasteiger partial charge is 0.414 e. The summed E-state index contributed by atoms with van der Waals surface area (Å²) in [6.07, 6.45) is 0. The van der Waals surface area contributed by atoms with E-state index in [9.17, 15) is 0 Å². The highest BCUT2D eigenvalue weighted by molar-refractivity contribution is 6.27. The van der Waals surface area contributed by atoms with E-state index in [1.807, 2.05) is 12.1 Å². The van der Waals surface area contributed by atoms with Gasteiger partial charge in [-0.25, -0.2) is 9.59 Å². The van der Waals surface area contributed by atoms with Crippen molar-refractivity contribution < 1.29 is 29.3 Å². The highest BCUT2D eigenvalue weighted by Gasteiger charge is 2.20. The molecule has 1 aliphatic heterocycles. The summed E-state index contributed by atoms with van der Waals surface area (Å²) in [7, 11) is 3.39. The number of carboxylic acid groups (broad SMARTS) is 2. The maximum absolute atomic E-state index is 9.10. The number of hydrogen-bond donors (Lipinski definition) is 2. The number of ether oxygens (including phenoxy) is 2. The molecule has 2 N–H and O–H groups in total. The van der Waals surface area contributed by atoms with Gasteiger partial charge in [0.1, 0.15) is 0 Å². The number of benzene rings is 2. The second-order valence-electron chi connectivity index (χ2n) is 7.25. The lowest BCUT2D eigenvalue weighted by Gasteiger charge is -2.37. The van der Waals surface area contributed by atoms with E-state index >= 15 is 0 Å². The van der Waals surface area contributed by atoms with Gasteiger partial charge < -0.3 is 24.6 Å². The van der Waals surface area contributed by atoms with Crippen molar-refractivity contribution in [1.29, 1.82) is 0 Å². The van der Waals surface area contributed by atoms with Crippen molar-refractivity contribution in [2.45, 2.75) is 20.4 Å². The topological polar surface area (TPSA) is 99.5 Å². The molecule has 0 atom stereocenters. The summed E-state index contributed by atoms with van der Waals surface area (Å²) in [5.41, 5.74) is 5.31. The molecule has 0 amide bonds. The Labute approximate surface area is 182 Å². The lowest BCUT2D eigenvalue weighted by molar-refractivity contribution is -0.159. The van der Waals surface area contributed by atoms with Gasteiger partial charge in [-0.1, -0.05) is 24.3 Å². The molecule has 0 saturated carbocycles. The summed E-state index contributed by atoms with van der Waals surface area (Å²) in [6.45, 7) is 9.50. The van der Waals surface area contributed by atoms with E-state index in [4.69, 9.17) is 29.3 Å². The molecule has 8 heteroatoms. The van der Waals surface area contributed by atoms with Crippen LogP contribution in [0.15, 0.2) is 36.4 Å². The minimum Gasteiger partial charge on any atom is -0.493 e. The quantitative estimate of drug-likeness (QED) is 0.699. The van der Waals surface area contributed by atoms with E-state index in [1.165, 1.54) is 22.4 Å². The molecule has 0 radical (unpaired) electrons. The van der Waals surface area contributed by atoms with Crippen molar-refractivity contribution in [2.75, 3.05) is 45.3 Å². The van der Waals surface area contributed by atoms with Gasteiger partial charge in [-0.05, 0) is 37.1 Å². The van der Waals surface area contributed by atoms with Gasteiger partial charge in [0.25, 0.3) is 0 Å². The molecule has 168 valence electrons. The van der Waals surface area contributed by atoms with Gasteiger partial charge in [-0.3, -0.25) is 4.90 Å². The number of nitrogens with zero attached hydrogens (tertiary/aromatic N) is 2. The fraction of sp³-hybridized carbons (Fsp3) is 0.391. The summed E-state index contributed by atoms with van der Waals surface area (Å²) in [5, 5.41) is 14.8. The van der Waals surface area contributed by atoms with Crippen LogP contribution in [0.2, 0.25) is 0 Å². The molecule has 3 rings (SSSR count). The minimum absolute atomic E-state index is 0.800. The van der Waals surface area contributed by atoms with Crippen LogP contribution >= 0.6 is 0 Å². The molecule has 0 spiro atoms. The number of anilines is 1. The zero-order valence-corrected chi connectivity index (χ0v) is 18.4. The van der Waals surface area contributed by atoms with Gasteiger partial charge in [0.2, 0.25) is 0 Å². The monoisotopic (exact) mass is 430 g/mol. The number of hydrogen-bond acceptors (Lipinski definition) is 6. The molecular formula is C23H30N2O6. The number of carbonyl (C=O) groups is 2. The third kappa shape index (κ3) is 6.36. The molecule has 1 fully saturated rings. The summed E-state index contributed by atoms with van der Waals surface area (Å²) >= 11 is 0. The average Bonchev–Trinajstić information content (AvgIpc) is 2.76. The van der Waals surface area contributed by atoms with Crippen molar-refractivity contribution in [3.63, 3.8) is 0 Å². The number of piperazine rings is 1. The molecule has 31 heavy (non-hydrogen) atoms. The molecule has 0 aliphatic carbocycles. The van der Waals surface area contributed by atoms with Crippen LogP contribution < -0.4 is 14.4 Å². The maximum atomic E-state index is 9.10. The van der Waals surface area contributed by atoms with Gasteiger partial charge in [0.15, 0.2) is 11.5 Å². The third-order valence-electron chi connectivity index (χ3n) is 5.35. The lowest BCUT2D eigenvalue weighted by atomic mass is 10.1. The van der Waals surface area contributed by atoms with Crippen LogP contribution in [0.3, 0.4) is 0 Å². The number of aryl methyl sites for hydroxylation is 1. The first-order valence-corrected chi connectivity index (χ1v) is 9.98. The Hall–Kier alpha value is -3.26. The first-order valence-electron chi connectivity index (χ1n) is 9.98. The number of methoxy groups -OCH3 is 2. The van der Waals surface area contributed by atoms with Crippen LogP contribution in [0, 0.1) is 13.8 Å². The Morgan fingerprint density at radius 1 is 0.903 bits per heavy atom. The molecule has 2 aromatic rings. The lowest BCUT2D eigenvalue weighted by Crippen LogP contribution is -2.46. The maximum Gasteiger partial charge on any atom is 0.414 e. The summed E-state index contributed by atoms with van der Waals surface area (Å²) in [4.78, 5) is 23.2. The Morgan fingerprint density at radius 3 is 2.06 bits per heavy atom. The van der Waals surface area contributed by atoms with Crippen LogP contribution in [0.25, 0.3) is 0 Å². The van der Waals surface area contributed by atoms with E-state index in [2.05, 4.69) is 47.9 Å². The van der Waals surface area contributed by atoms with Gasteiger partial charge in [0.05, 0.1) is 14.2 Å². The molecule has 0 bridgehead atoms. The fourth-order valence-electron chi connectivity index (χ4n) is 3.54. The van der Waals surface area contributed by atoms with Gasteiger partial charge >= 0.3 is 11.9 Å². The second kappa shape index (κ2) is 11.2. The number of para-hydroxylation sites is 1. The third-order valence-corrected chi connectivity index (χ3v) is 5.35. The number of aliphatic carboxylic acids is 2. The standard InChI is InChI=1S/C21H28N2O2.C2H2O4/c1-16-7-5-9-19(17(16)2)23-13-11-22(12-14-23)15-18-8-6-10-20(24-3)21(18)25-4;3-1(4)2(5)6/h5-10H,11-15H2,1-4H3;(H,3,4)(H,5,6). The Kier molecular flexibility index (Phi) is 8.69. The van der Waals surface area contributed by atoms with E-state index in [0.29, 0.717) is 0 Å². The molecule has 2 aromatic carbocycles. The van der Waals surface area contributed by atoms with Crippen molar-refractivity contribution in [2.24, 2.45) is 0 Å². The van der Waals surface area contributed by atoms with Crippen LogP contribution in [-0.2, 0) is 16.1 Å². The molecule has 8 nitrogen and oxygen atoms in total. The predicted octanol–water partition coefficient (Wildman–Crippen LogP) is 2.80. The van der Waals surface area contributed by atoms with Crippen molar-refractivity contribution in [3.05, 3.63) is 53.1 Å². The van der Waals surface area contributed by atoms with E-state index in [0.717, 1.165) is 44.2 Å². The normalized spacial score (nSPS) is 13.7. The SMILES string of the molecule is COc1cccc(CN2CCN(c3cccc(C)c3C)CC2)c1OC.O=C(O)C(=O)O. The van der Waals surface area contributed by atoms with E-state index < -0.39 is 11.9 Å². The van der Waals surface area contributed by atoms with Crippen molar-refractivity contribution in [1.82, 2.24) is 4.90 Å². The van der Waals surface area contributed by atoms with E-state index in [1.54, 1.807) is 14.2 Å². The van der Waals surface area contributed by atoms with Gasteiger partial charge in [-0.2, -0.15) is 0 Å². The minimum atomic E-state index is -1.82. The Bertz CT molecular complexity index is 895. The van der Waals surface area contributed by atoms with Crippen LogP contribution in [0.1, 0.15) is 16.7 Å². The van der Waals surface area contributed by atoms with Crippen molar-refractivity contribution >= 4 is 17.6 Å². The molecule has 0 aromatic heterocycles. The molecule has 0 unspecified atom stereocenters.